The molecule has 132 valence electrons. The van der Waals surface area contributed by atoms with Gasteiger partial charge < -0.3 is 4.74 Å². The Morgan fingerprint density at radius 1 is 1.12 bits per heavy atom. The Labute approximate surface area is 158 Å². The van der Waals surface area contributed by atoms with Crippen molar-refractivity contribution >= 4 is 29.2 Å². The molecule has 1 fully saturated rings. The lowest BCUT2D eigenvalue weighted by atomic mass is 9.89. The largest absolute Gasteiger partial charge is 0.426 e. The van der Waals surface area contributed by atoms with Crippen molar-refractivity contribution in [3.05, 3.63) is 64.7 Å². The number of esters is 1. The maximum atomic E-state index is 12.2. The van der Waals surface area contributed by atoms with Gasteiger partial charge >= 0.3 is 5.97 Å². The van der Waals surface area contributed by atoms with Crippen molar-refractivity contribution in [2.75, 3.05) is 0 Å². The second kappa shape index (κ2) is 8.69. The summed E-state index contributed by atoms with van der Waals surface area (Å²) in [4.78, 5) is 12.2. The van der Waals surface area contributed by atoms with Gasteiger partial charge in [0.05, 0.1) is 17.6 Å². The molecule has 0 N–H and O–H groups in total. The average molecular weight is 366 g/mol. The third kappa shape index (κ3) is 4.74. The molecule has 2 aromatic rings. The van der Waals surface area contributed by atoms with Crippen LogP contribution in [0.4, 0.5) is 0 Å². The van der Waals surface area contributed by atoms with Gasteiger partial charge in [-0.3, -0.25) is 4.79 Å². The molecular weight excluding hydrogens is 346 g/mol. The van der Waals surface area contributed by atoms with Crippen LogP contribution in [0, 0.1) is 17.2 Å². The van der Waals surface area contributed by atoms with Crippen LogP contribution in [0.25, 0.3) is 11.6 Å². The highest BCUT2D eigenvalue weighted by Gasteiger charge is 2.22. The molecule has 26 heavy (non-hydrogen) atoms. The smallest absolute Gasteiger partial charge is 0.314 e. The molecule has 1 aliphatic rings. The number of carbonyl (C=O) groups is 1. The Balaban J connectivity index is 1.70. The highest BCUT2D eigenvalue weighted by Crippen LogP contribution is 2.26. The van der Waals surface area contributed by atoms with E-state index in [-0.39, 0.29) is 11.9 Å². The highest BCUT2D eigenvalue weighted by molar-refractivity contribution is 6.30. The molecule has 0 saturated heterocycles. The van der Waals surface area contributed by atoms with Crippen LogP contribution < -0.4 is 4.74 Å². The number of nitriles is 1. The first-order valence-corrected chi connectivity index (χ1v) is 9.23. The molecule has 3 rings (SSSR count). The number of hydrogen-bond donors (Lipinski definition) is 0. The number of ether oxygens (including phenoxy) is 1. The van der Waals surface area contributed by atoms with Crippen LogP contribution in [0.2, 0.25) is 5.02 Å². The first-order chi connectivity index (χ1) is 12.7. The first-order valence-electron chi connectivity index (χ1n) is 8.85. The van der Waals surface area contributed by atoms with Crippen LogP contribution in [0.3, 0.4) is 0 Å². The van der Waals surface area contributed by atoms with Gasteiger partial charge in [0.1, 0.15) is 5.75 Å². The number of hydrogen-bond acceptors (Lipinski definition) is 3. The second-order valence-electron chi connectivity index (χ2n) is 6.51. The van der Waals surface area contributed by atoms with Gasteiger partial charge in [-0.05, 0) is 54.3 Å². The zero-order valence-electron chi connectivity index (χ0n) is 14.5. The molecule has 2 aromatic carbocycles. The molecule has 0 aliphatic heterocycles. The van der Waals surface area contributed by atoms with E-state index < -0.39 is 0 Å². The second-order valence-corrected chi connectivity index (χ2v) is 6.94. The Morgan fingerprint density at radius 2 is 1.85 bits per heavy atom. The monoisotopic (exact) mass is 365 g/mol. The summed E-state index contributed by atoms with van der Waals surface area (Å²) in [5, 5.41) is 10.0. The van der Waals surface area contributed by atoms with E-state index in [9.17, 15) is 10.1 Å². The number of carbonyl (C=O) groups excluding carboxylic acids is 1. The quantitative estimate of drug-likeness (QED) is 0.294. The van der Waals surface area contributed by atoms with Crippen LogP contribution in [0.1, 0.15) is 43.2 Å². The maximum Gasteiger partial charge on any atom is 0.314 e. The van der Waals surface area contributed by atoms with Crippen LogP contribution in [-0.2, 0) is 4.79 Å². The lowest BCUT2D eigenvalue weighted by molar-refractivity contribution is -0.139. The summed E-state index contributed by atoms with van der Waals surface area (Å²) in [7, 11) is 0. The van der Waals surface area contributed by atoms with E-state index in [1.54, 1.807) is 30.3 Å². The molecule has 0 radical (unpaired) electrons. The summed E-state index contributed by atoms with van der Waals surface area (Å²) in [6.45, 7) is 0. The third-order valence-electron chi connectivity index (χ3n) is 4.60. The van der Waals surface area contributed by atoms with Gasteiger partial charge in [-0.25, -0.2) is 0 Å². The number of benzene rings is 2. The van der Waals surface area contributed by atoms with E-state index in [1.807, 2.05) is 24.3 Å². The lowest BCUT2D eigenvalue weighted by Gasteiger charge is -2.19. The average Bonchev–Trinajstić information content (AvgIpc) is 2.68. The molecule has 0 amide bonds. The summed E-state index contributed by atoms with van der Waals surface area (Å²) < 4.78 is 5.50. The van der Waals surface area contributed by atoms with Crippen LogP contribution >= 0.6 is 11.6 Å². The van der Waals surface area contributed by atoms with E-state index in [1.165, 1.54) is 6.42 Å². The molecule has 0 unspecified atom stereocenters. The molecule has 4 heteroatoms. The fraction of sp³-hybridized carbons (Fsp3) is 0.273. The molecule has 1 aliphatic carbocycles. The minimum Gasteiger partial charge on any atom is -0.426 e. The SMILES string of the molecule is N#C/C(=C/c1ccc(OC(=O)C2CCCCC2)cc1)c1cccc(Cl)c1. The van der Waals surface area contributed by atoms with Crippen molar-refractivity contribution in [2.45, 2.75) is 32.1 Å². The summed E-state index contributed by atoms with van der Waals surface area (Å²) >= 11 is 6.00. The Kier molecular flexibility index (Phi) is 6.09. The minimum atomic E-state index is -0.135. The zero-order valence-corrected chi connectivity index (χ0v) is 15.2. The predicted octanol–water partition coefficient (Wildman–Crippen LogP) is 5.89. The molecule has 0 spiro atoms. The molecule has 1 saturated carbocycles. The first kappa shape index (κ1) is 18.2. The zero-order chi connectivity index (χ0) is 18.4. The number of nitrogens with zero attached hydrogens (tertiary/aromatic N) is 1. The summed E-state index contributed by atoms with van der Waals surface area (Å²) in [5.74, 6) is 0.431. The summed E-state index contributed by atoms with van der Waals surface area (Å²) in [6, 6.07) is 16.6. The van der Waals surface area contributed by atoms with Crippen LogP contribution in [-0.4, -0.2) is 5.97 Å². The Hall–Kier alpha value is -2.57. The molecular formula is C22H20ClNO2. The molecule has 0 heterocycles. The number of allylic oxidation sites excluding steroid dienone is 1. The van der Waals surface area contributed by atoms with Gasteiger partial charge in [0.15, 0.2) is 0 Å². The fourth-order valence-electron chi connectivity index (χ4n) is 3.17. The highest BCUT2D eigenvalue weighted by atomic mass is 35.5. The predicted molar refractivity (Wildman–Crippen MR) is 104 cm³/mol. The minimum absolute atomic E-state index is 0.0244. The Bertz CT molecular complexity index is 843. The van der Waals surface area contributed by atoms with Crippen molar-refractivity contribution < 1.29 is 9.53 Å². The fourth-order valence-corrected chi connectivity index (χ4v) is 3.36. The standard InChI is InChI=1S/C22H20ClNO2/c23-20-8-4-7-18(14-20)19(15-24)13-16-9-11-21(12-10-16)26-22(25)17-5-2-1-3-6-17/h4,7-14,17H,1-3,5-6H2/b19-13-. The maximum absolute atomic E-state index is 12.2. The topological polar surface area (TPSA) is 50.1 Å². The molecule has 0 atom stereocenters. The lowest BCUT2D eigenvalue weighted by Crippen LogP contribution is -2.22. The van der Waals surface area contributed by atoms with E-state index >= 15 is 0 Å². The van der Waals surface area contributed by atoms with E-state index in [0.29, 0.717) is 16.3 Å². The number of halogens is 1. The van der Waals surface area contributed by atoms with Crippen molar-refractivity contribution in [2.24, 2.45) is 5.92 Å². The van der Waals surface area contributed by atoms with Gasteiger partial charge in [0.2, 0.25) is 0 Å². The molecule has 0 bridgehead atoms. The Morgan fingerprint density at radius 3 is 2.50 bits per heavy atom. The van der Waals surface area contributed by atoms with Gasteiger partial charge in [-0.1, -0.05) is 55.1 Å². The van der Waals surface area contributed by atoms with Crippen molar-refractivity contribution in [1.82, 2.24) is 0 Å². The number of rotatable bonds is 4. The van der Waals surface area contributed by atoms with E-state index in [0.717, 1.165) is 36.8 Å². The van der Waals surface area contributed by atoms with Gasteiger partial charge in [-0.15, -0.1) is 0 Å². The van der Waals surface area contributed by atoms with Crippen molar-refractivity contribution in [3.8, 4) is 11.8 Å². The van der Waals surface area contributed by atoms with Gasteiger partial charge in [0, 0.05) is 5.02 Å². The summed E-state index contributed by atoms with van der Waals surface area (Å²) in [5.41, 5.74) is 2.16. The normalized spacial score (nSPS) is 15.3. The van der Waals surface area contributed by atoms with Crippen LogP contribution in [0.5, 0.6) is 5.75 Å². The van der Waals surface area contributed by atoms with E-state index in [2.05, 4.69) is 6.07 Å². The summed E-state index contributed by atoms with van der Waals surface area (Å²) in [6.07, 6.45) is 7.04. The molecule has 0 aromatic heterocycles. The van der Waals surface area contributed by atoms with Crippen LogP contribution in [0.15, 0.2) is 48.5 Å². The van der Waals surface area contributed by atoms with Crippen molar-refractivity contribution in [1.29, 1.82) is 5.26 Å². The van der Waals surface area contributed by atoms with Gasteiger partial charge in [0.25, 0.3) is 0 Å². The van der Waals surface area contributed by atoms with Gasteiger partial charge in [-0.2, -0.15) is 5.26 Å². The van der Waals surface area contributed by atoms with Crippen molar-refractivity contribution in [3.63, 3.8) is 0 Å². The van der Waals surface area contributed by atoms with E-state index in [4.69, 9.17) is 16.3 Å². The molecule has 3 nitrogen and oxygen atoms in total. The third-order valence-corrected chi connectivity index (χ3v) is 4.84.